The number of thioether (sulfide) groups is 2. The maximum Gasteiger partial charge on any atom is 0.251 e. The van der Waals surface area contributed by atoms with E-state index in [0.717, 1.165) is 28.3 Å². The molecule has 2 aromatic rings. The van der Waals surface area contributed by atoms with Gasteiger partial charge in [0.1, 0.15) is 0 Å². The Labute approximate surface area is 150 Å². The third-order valence-electron chi connectivity index (χ3n) is 3.45. The molecule has 1 heterocycles. The maximum absolute atomic E-state index is 12.1. The van der Waals surface area contributed by atoms with Gasteiger partial charge < -0.3 is 10.3 Å². The van der Waals surface area contributed by atoms with Crippen LogP contribution >= 0.6 is 23.5 Å². The van der Waals surface area contributed by atoms with Gasteiger partial charge >= 0.3 is 0 Å². The highest BCUT2D eigenvalue weighted by Crippen LogP contribution is 2.19. The number of nitrogens with zero attached hydrogens (tertiary/aromatic N) is 1. The van der Waals surface area contributed by atoms with Gasteiger partial charge in [-0.3, -0.25) is 9.59 Å². The van der Waals surface area contributed by atoms with Gasteiger partial charge in [0.2, 0.25) is 5.91 Å². The highest BCUT2D eigenvalue weighted by atomic mass is 32.2. The van der Waals surface area contributed by atoms with Crippen molar-refractivity contribution in [3.05, 3.63) is 51.4 Å². The largest absolute Gasteiger partial charge is 0.325 e. The number of nitrogens with one attached hydrogen (secondary N) is 2. The van der Waals surface area contributed by atoms with Gasteiger partial charge in [0.25, 0.3) is 5.56 Å². The summed E-state index contributed by atoms with van der Waals surface area (Å²) in [5.41, 5.74) is 3.56. The number of carbonyl (C=O) groups is 1. The Morgan fingerprint density at radius 3 is 2.88 bits per heavy atom. The molecule has 7 heteroatoms. The summed E-state index contributed by atoms with van der Waals surface area (Å²) in [6, 6.07) is 7.31. The molecule has 24 heavy (non-hydrogen) atoms. The molecule has 0 spiro atoms. The predicted molar refractivity (Wildman–Crippen MR) is 102 cm³/mol. The van der Waals surface area contributed by atoms with E-state index in [0.29, 0.717) is 10.9 Å². The molecule has 0 radical (unpaired) electrons. The van der Waals surface area contributed by atoms with Crippen molar-refractivity contribution in [3.8, 4) is 0 Å². The normalized spacial score (nSPS) is 10.6. The fourth-order valence-electron chi connectivity index (χ4n) is 2.04. The van der Waals surface area contributed by atoms with Gasteiger partial charge in [-0.05, 0) is 36.8 Å². The molecule has 0 aliphatic carbocycles. The molecule has 1 amide bonds. The second-order valence-electron chi connectivity index (χ2n) is 5.26. The monoisotopic (exact) mass is 363 g/mol. The van der Waals surface area contributed by atoms with Crippen LogP contribution in [0.1, 0.15) is 23.7 Å². The second-order valence-corrected chi connectivity index (χ2v) is 7.50. The van der Waals surface area contributed by atoms with Crippen LogP contribution in [0.3, 0.4) is 0 Å². The van der Waals surface area contributed by atoms with Crippen molar-refractivity contribution < 1.29 is 4.79 Å². The molecule has 2 rings (SSSR count). The first kappa shape index (κ1) is 18.6. The molecule has 0 saturated carbocycles. The third kappa shape index (κ3) is 5.42. The van der Waals surface area contributed by atoms with Crippen molar-refractivity contribution in [3.63, 3.8) is 0 Å². The highest BCUT2D eigenvalue weighted by molar-refractivity contribution is 7.99. The number of anilines is 1. The second kappa shape index (κ2) is 8.94. The molecule has 0 atom stereocenters. The van der Waals surface area contributed by atoms with Crippen molar-refractivity contribution >= 4 is 35.1 Å². The summed E-state index contributed by atoms with van der Waals surface area (Å²) >= 11 is 2.94. The fraction of sp³-hybridized carbons (Fsp3) is 0.353. The maximum atomic E-state index is 12.1. The Hall–Kier alpha value is -1.73. The average Bonchev–Trinajstić information content (AvgIpc) is 2.55. The van der Waals surface area contributed by atoms with Gasteiger partial charge in [-0.1, -0.05) is 30.8 Å². The summed E-state index contributed by atoms with van der Waals surface area (Å²) in [4.78, 5) is 30.9. The number of amides is 1. The molecular weight excluding hydrogens is 342 g/mol. The number of H-pyrrole nitrogens is 1. The first-order chi connectivity index (χ1) is 11.5. The van der Waals surface area contributed by atoms with Crippen molar-refractivity contribution in [2.75, 3.05) is 16.8 Å². The van der Waals surface area contributed by atoms with Gasteiger partial charge in [0.05, 0.1) is 11.4 Å². The zero-order valence-corrected chi connectivity index (χ0v) is 15.6. The molecule has 0 aliphatic rings. The van der Waals surface area contributed by atoms with E-state index in [-0.39, 0.29) is 17.2 Å². The first-order valence-electron chi connectivity index (χ1n) is 7.66. The van der Waals surface area contributed by atoms with Crippen LogP contribution in [0, 0.1) is 13.8 Å². The molecular formula is C17H21N3O2S2. The van der Waals surface area contributed by atoms with E-state index in [1.165, 1.54) is 17.8 Å². The summed E-state index contributed by atoms with van der Waals surface area (Å²) in [5.74, 6) is 1.74. The van der Waals surface area contributed by atoms with Crippen LogP contribution in [0.2, 0.25) is 0 Å². The lowest BCUT2D eigenvalue weighted by Gasteiger charge is -2.10. The summed E-state index contributed by atoms with van der Waals surface area (Å²) in [6.07, 6.45) is 0. The quantitative estimate of drug-likeness (QED) is 0.583. The molecule has 0 unspecified atom stereocenters. The highest BCUT2D eigenvalue weighted by Gasteiger charge is 2.09. The van der Waals surface area contributed by atoms with Gasteiger partial charge in [-0.15, -0.1) is 0 Å². The van der Waals surface area contributed by atoms with Gasteiger partial charge in [0, 0.05) is 17.5 Å². The lowest BCUT2D eigenvalue weighted by molar-refractivity contribution is -0.113. The number of aromatic amines is 1. The number of carbonyl (C=O) groups excluding carboxylic acids is 1. The van der Waals surface area contributed by atoms with Crippen LogP contribution in [0.15, 0.2) is 34.2 Å². The lowest BCUT2D eigenvalue weighted by Crippen LogP contribution is -2.16. The van der Waals surface area contributed by atoms with Crippen molar-refractivity contribution in [1.82, 2.24) is 9.97 Å². The van der Waals surface area contributed by atoms with Crippen LogP contribution in [0.4, 0.5) is 5.69 Å². The van der Waals surface area contributed by atoms with E-state index in [9.17, 15) is 9.59 Å². The SMILES string of the molecule is CCSCc1cc(=O)[nH]c(SCC(=O)Nc2cccc(C)c2C)n1. The van der Waals surface area contributed by atoms with E-state index < -0.39 is 0 Å². The fourth-order valence-corrected chi connectivity index (χ4v) is 3.29. The van der Waals surface area contributed by atoms with E-state index in [4.69, 9.17) is 0 Å². The average molecular weight is 364 g/mol. The van der Waals surface area contributed by atoms with E-state index in [1.54, 1.807) is 11.8 Å². The van der Waals surface area contributed by atoms with E-state index >= 15 is 0 Å². The molecule has 1 aromatic heterocycles. The molecule has 0 aliphatic heterocycles. The van der Waals surface area contributed by atoms with Crippen molar-refractivity contribution in [2.24, 2.45) is 0 Å². The van der Waals surface area contributed by atoms with Gasteiger partial charge in [0.15, 0.2) is 5.16 Å². The number of rotatable bonds is 7. The molecule has 0 fully saturated rings. The predicted octanol–water partition coefficient (Wildman–Crippen LogP) is 3.37. The summed E-state index contributed by atoms with van der Waals surface area (Å²) in [7, 11) is 0. The summed E-state index contributed by atoms with van der Waals surface area (Å²) < 4.78 is 0. The molecule has 0 bridgehead atoms. The topological polar surface area (TPSA) is 74.8 Å². The Balaban J connectivity index is 1.97. The van der Waals surface area contributed by atoms with E-state index in [2.05, 4.69) is 22.2 Å². The Kier molecular flexibility index (Phi) is 6.93. The summed E-state index contributed by atoms with van der Waals surface area (Å²) in [5, 5.41) is 3.38. The van der Waals surface area contributed by atoms with Crippen LogP contribution < -0.4 is 10.9 Å². The third-order valence-corrected chi connectivity index (χ3v) is 5.23. The molecule has 5 nitrogen and oxygen atoms in total. The minimum Gasteiger partial charge on any atom is -0.325 e. The zero-order chi connectivity index (χ0) is 17.5. The number of aryl methyl sites for hydroxylation is 1. The van der Waals surface area contributed by atoms with Crippen LogP contribution in [0.5, 0.6) is 0 Å². The number of hydrogen-bond acceptors (Lipinski definition) is 5. The van der Waals surface area contributed by atoms with Crippen LogP contribution in [0.25, 0.3) is 0 Å². The molecule has 1 aromatic carbocycles. The lowest BCUT2D eigenvalue weighted by atomic mass is 10.1. The van der Waals surface area contributed by atoms with Gasteiger partial charge in [-0.25, -0.2) is 4.98 Å². The zero-order valence-electron chi connectivity index (χ0n) is 14.0. The molecule has 2 N–H and O–H groups in total. The summed E-state index contributed by atoms with van der Waals surface area (Å²) in [6.45, 7) is 6.05. The van der Waals surface area contributed by atoms with Gasteiger partial charge in [-0.2, -0.15) is 11.8 Å². The number of benzene rings is 1. The first-order valence-corrected chi connectivity index (χ1v) is 9.80. The van der Waals surface area contributed by atoms with E-state index in [1.807, 2.05) is 32.0 Å². The Morgan fingerprint density at radius 1 is 1.33 bits per heavy atom. The van der Waals surface area contributed by atoms with Crippen molar-refractivity contribution in [2.45, 2.75) is 31.7 Å². The van der Waals surface area contributed by atoms with Crippen LogP contribution in [-0.4, -0.2) is 27.4 Å². The molecule has 128 valence electrons. The smallest absolute Gasteiger partial charge is 0.251 e. The standard InChI is InChI=1S/C17H21N3O2S2/c1-4-23-9-13-8-15(21)20-17(18-13)24-10-16(22)19-14-7-5-6-11(2)12(14)3/h5-8H,4,9-10H2,1-3H3,(H,19,22)(H,18,20,21). The molecule has 0 saturated heterocycles. The Morgan fingerprint density at radius 2 is 2.12 bits per heavy atom. The number of aromatic nitrogens is 2. The minimum atomic E-state index is -0.186. The Bertz CT molecular complexity index is 775. The number of hydrogen-bond donors (Lipinski definition) is 2. The van der Waals surface area contributed by atoms with Crippen molar-refractivity contribution in [1.29, 1.82) is 0 Å². The minimum absolute atomic E-state index is 0.121. The van der Waals surface area contributed by atoms with Crippen LogP contribution in [-0.2, 0) is 10.5 Å².